The van der Waals surface area contributed by atoms with Crippen LogP contribution in [0.15, 0.2) is 11.6 Å². The van der Waals surface area contributed by atoms with Gasteiger partial charge in [-0.2, -0.15) is 0 Å². The second-order valence-corrected chi connectivity index (χ2v) is 5.53. The molecule has 0 saturated carbocycles. The van der Waals surface area contributed by atoms with E-state index in [-0.39, 0.29) is 0 Å². The summed E-state index contributed by atoms with van der Waals surface area (Å²) in [5.74, 6) is 0.474. The molecule has 2 N–H and O–H groups in total. The van der Waals surface area contributed by atoms with E-state index >= 15 is 0 Å². The van der Waals surface area contributed by atoms with Gasteiger partial charge in [0.2, 0.25) is 0 Å². The molecule has 0 bridgehead atoms. The predicted octanol–water partition coefficient (Wildman–Crippen LogP) is 2.85. The molecule has 0 spiro atoms. The summed E-state index contributed by atoms with van der Waals surface area (Å²) in [5, 5.41) is 3.96. The molecule has 0 fully saturated rings. The minimum Gasteiger partial charge on any atom is -0.325 e. The van der Waals surface area contributed by atoms with Crippen molar-refractivity contribution in [2.75, 3.05) is 0 Å². The maximum Gasteiger partial charge on any atom is 0.142 e. The van der Waals surface area contributed by atoms with Gasteiger partial charge in [0.25, 0.3) is 0 Å². The van der Waals surface area contributed by atoms with Crippen molar-refractivity contribution in [2.24, 2.45) is 5.73 Å². The molecule has 2 heterocycles. The first-order valence-electron chi connectivity index (χ1n) is 4.82. The highest BCUT2D eigenvalue weighted by Crippen LogP contribution is 2.34. The lowest BCUT2D eigenvalue weighted by Gasteiger charge is -2.01. The van der Waals surface area contributed by atoms with E-state index in [0.717, 1.165) is 15.7 Å². The fraction of sp³-hybridized carbons (Fsp3) is 0.400. The zero-order chi connectivity index (χ0) is 10.8. The van der Waals surface area contributed by atoms with Crippen molar-refractivity contribution < 1.29 is 0 Å². The molecule has 0 aliphatic carbocycles. The molecule has 2 aromatic heterocycles. The first-order chi connectivity index (χ1) is 7.22. The highest BCUT2D eigenvalue weighted by Gasteiger charge is 2.16. The van der Waals surface area contributed by atoms with E-state index in [2.05, 4.69) is 23.8 Å². The number of aromatic nitrogens is 2. The lowest BCUT2D eigenvalue weighted by molar-refractivity contribution is 0.887. The first kappa shape index (κ1) is 10.7. The summed E-state index contributed by atoms with van der Waals surface area (Å²) in [7, 11) is 0. The van der Waals surface area contributed by atoms with Crippen molar-refractivity contribution >= 4 is 22.7 Å². The maximum atomic E-state index is 5.62. The van der Waals surface area contributed by atoms with Crippen molar-refractivity contribution in [1.29, 1.82) is 0 Å². The monoisotopic (exact) mass is 239 g/mol. The van der Waals surface area contributed by atoms with Crippen LogP contribution < -0.4 is 5.73 Å². The van der Waals surface area contributed by atoms with Gasteiger partial charge in [-0.3, -0.25) is 0 Å². The molecule has 0 aliphatic heterocycles. The van der Waals surface area contributed by atoms with E-state index in [1.54, 1.807) is 22.7 Å². The lowest BCUT2D eigenvalue weighted by Crippen LogP contribution is -1.94. The summed E-state index contributed by atoms with van der Waals surface area (Å²) in [5.41, 5.74) is 6.64. The molecule has 0 amide bonds. The van der Waals surface area contributed by atoms with Gasteiger partial charge in [0.05, 0.1) is 0 Å². The molecule has 3 nitrogen and oxygen atoms in total. The van der Waals surface area contributed by atoms with Crippen LogP contribution in [0.2, 0.25) is 0 Å². The standard InChI is InChI=1S/C10H13N3S2/c1-6(2)9-8(10-12-3-4-14-10)13-7(5-11)15-9/h3-4,6H,5,11H2,1-2H3. The van der Waals surface area contributed by atoms with Gasteiger partial charge in [0, 0.05) is 23.0 Å². The Hall–Kier alpha value is -0.780. The van der Waals surface area contributed by atoms with Crippen molar-refractivity contribution in [3.63, 3.8) is 0 Å². The Kier molecular flexibility index (Phi) is 3.14. The summed E-state index contributed by atoms with van der Waals surface area (Å²) >= 11 is 3.32. The van der Waals surface area contributed by atoms with Gasteiger partial charge in [-0.05, 0) is 5.92 Å². The van der Waals surface area contributed by atoms with E-state index in [1.807, 2.05) is 11.6 Å². The summed E-state index contributed by atoms with van der Waals surface area (Å²) in [6, 6.07) is 0. The zero-order valence-corrected chi connectivity index (χ0v) is 10.4. The van der Waals surface area contributed by atoms with E-state index in [4.69, 9.17) is 5.73 Å². The van der Waals surface area contributed by atoms with Gasteiger partial charge in [-0.25, -0.2) is 9.97 Å². The van der Waals surface area contributed by atoms with Crippen LogP contribution in [-0.2, 0) is 6.54 Å². The maximum absolute atomic E-state index is 5.62. The molecule has 0 radical (unpaired) electrons. The van der Waals surface area contributed by atoms with Crippen LogP contribution in [0.4, 0.5) is 0 Å². The summed E-state index contributed by atoms with van der Waals surface area (Å²) in [4.78, 5) is 10.1. The Morgan fingerprint density at radius 1 is 1.47 bits per heavy atom. The second kappa shape index (κ2) is 4.38. The van der Waals surface area contributed by atoms with Gasteiger partial charge < -0.3 is 5.73 Å². The Balaban J connectivity index is 2.49. The summed E-state index contributed by atoms with van der Waals surface area (Å²) in [6.07, 6.45) is 1.81. The fourth-order valence-corrected chi connectivity index (χ4v) is 3.00. The minimum atomic E-state index is 0.474. The molecule has 2 aromatic rings. The third-order valence-electron chi connectivity index (χ3n) is 2.03. The van der Waals surface area contributed by atoms with Crippen LogP contribution in [0.1, 0.15) is 29.7 Å². The lowest BCUT2D eigenvalue weighted by atomic mass is 10.1. The van der Waals surface area contributed by atoms with E-state index in [0.29, 0.717) is 12.5 Å². The Morgan fingerprint density at radius 2 is 2.27 bits per heavy atom. The summed E-state index contributed by atoms with van der Waals surface area (Å²) in [6.45, 7) is 4.85. The van der Waals surface area contributed by atoms with Crippen molar-refractivity contribution in [3.05, 3.63) is 21.5 Å². The molecular weight excluding hydrogens is 226 g/mol. The van der Waals surface area contributed by atoms with Crippen molar-refractivity contribution in [3.8, 4) is 10.7 Å². The molecule has 80 valence electrons. The van der Waals surface area contributed by atoms with Crippen LogP contribution >= 0.6 is 22.7 Å². The average molecular weight is 239 g/mol. The number of hydrogen-bond donors (Lipinski definition) is 1. The van der Waals surface area contributed by atoms with Crippen LogP contribution in [0.25, 0.3) is 10.7 Å². The Labute approximate surface area is 97.0 Å². The third kappa shape index (κ3) is 2.09. The van der Waals surface area contributed by atoms with E-state index in [1.165, 1.54) is 4.88 Å². The molecular formula is C10H13N3S2. The highest BCUT2D eigenvalue weighted by atomic mass is 32.1. The molecule has 0 aromatic carbocycles. The molecule has 0 unspecified atom stereocenters. The fourth-order valence-electron chi connectivity index (χ4n) is 1.35. The second-order valence-electron chi connectivity index (χ2n) is 3.52. The molecule has 0 aliphatic rings. The quantitative estimate of drug-likeness (QED) is 0.896. The highest BCUT2D eigenvalue weighted by molar-refractivity contribution is 7.14. The van der Waals surface area contributed by atoms with Crippen molar-refractivity contribution in [1.82, 2.24) is 9.97 Å². The van der Waals surface area contributed by atoms with E-state index in [9.17, 15) is 0 Å². The number of hydrogen-bond acceptors (Lipinski definition) is 5. The van der Waals surface area contributed by atoms with Gasteiger partial charge in [0.1, 0.15) is 15.7 Å². The van der Waals surface area contributed by atoms with Gasteiger partial charge in [-0.15, -0.1) is 22.7 Å². The van der Waals surface area contributed by atoms with E-state index < -0.39 is 0 Å². The molecule has 5 heteroatoms. The van der Waals surface area contributed by atoms with Gasteiger partial charge in [0.15, 0.2) is 0 Å². The van der Waals surface area contributed by atoms with Crippen LogP contribution in [0, 0.1) is 0 Å². The molecule has 15 heavy (non-hydrogen) atoms. The van der Waals surface area contributed by atoms with Crippen molar-refractivity contribution in [2.45, 2.75) is 26.3 Å². The SMILES string of the molecule is CC(C)c1sc(CN)nc1-c1nccs1. The number of thiazole rings is 2. The summed E-state index contributed by atoms with van der Waals surface area (Å²) < 4.78 is 0. The average Bonchev–Trinajstić information content (AvgIpc) is 2.86. The number of nitrogens with zero attached hydrogens (tertiary/aromatic N) is 2. The third-order valence-corrected chi connectivity index (χ3v) is 4.19. The van der Waals surface area contributed by atoms with Gasteiger partial charge in [-0.1, -0.05) is 13.8 Å². The zero-order valence-electron chi connectivity index (χ0n) is 8.73. The molecule has 2 rings (SSSR count). The topological polar surface area (TPSA) is 51.8 Å². The van der Waals surface area contributed by atoms with Crippen LogP contribution in [0.3, 0.4) is 0 Å². The predicted molar refractivity (Wildman–Crippen MR) is 65.2 cm³/mol. The molecule has 0 atom stereocenters. The number of nitrogens with two attached hydrogens (primary N) is 1. The van der Waals surface area contributed by atoms with Gasteiger partial charge >= 0.3 is 0 Å². The van der Waals surface area contributed by atoms with Crippen LogP contribution in [0.5, 0.6) is 0 Å². The normalized spacial score (nSPS) is 11.2. The first-order valence-corrected chi connectivity index (χ1v) is 6.51. The number of rotatable bonds is 3. The molecule has 0 saturated heterocycles. The Bertz CT molecular complexity index is 431. The largest absolute Gasteiger partial charge is 0.325 e. The smallest absolute Gasteiger partial charge is 0.142 e. The minimum absolute atomic E-state index is 0.474. The van der Waals surface area contributed by atoms with Crippen LogP contribution in [-0.4, -0.2) is 9.97 Å². The Morgan fingerprint density at radius 3 is 2.80 bits per heavy atom.